The van der Waals surface area contributed by atoms with E-state index < -0.39 is 0 Å². The fraction of sp³-hybridized carbons (Fsp3) is 0.444. The van der Waals surface area contributed by atoms with E-state index in [-0.39, 0.29) is 0 Å². The number of halogens is 1. The van der Waals surface area contributed by atoms with Crippen LogP contribution < -0.4 is 4.90 Å². The van der Waals surface area contributed by atoms with E-state index in [2.05, 4.69) is 103 Å². The molecule has 0 aliphatic carbocycles. The van der Waals surface area contributed by atoms with E-state index in [4.69, 9.17) is 11.6 Å². The molecule has 3 rings (SSSR count). The minimum atomic E-state index is 0.489. The molecule has 0 aliphatic rings. The van der Waals surface area contributed by atoms with Gasteiger partial charge >= 0.3 is 0 Å². The number of allylic oxidation sites excluding steroid dienone is 1. The Labute approximate surface area is 245 Å². The van der Waals surface area contributed by atoms with Gasteiger partial charge in [0.1, 0.15) is 0 Å². The third kappa shape index (κ3) is 8.22. The molecule has 3 aromatic rings. The molecule has 0 saturated carbocycles. The molecule has 1 nitrogen and oxygen atoms in total. The first-order chi connectivity index (χ1) is 18.7. The molecule has 3 heteroatoms. The lowest BCUT2D eigenvalue weighted by Gasteiger charge is -2.31. The zero-order valence-corrected chi connectivity index (χ0v) is 27.1. The number of nitrogens with zero attached hydrogens (tertiary/aromatic N) is 1. The van der Waals surface area contributed by atoms with Crippen LogP contribution in [0, 0.1) is 6.92 Å². The van der Waals surface area contributed by atoms with E-state index in [1.807, 2.05) is 12.1 Å². The van der Waals surface area contributed by atoms with Gasteiger partial charge in [-0.15, -0.1) is 15.2 Å². The number of aryl methyl sites for hydroxylation is 3. The van der Waals surface area contributed by atoms with E-state index in [1.54, 1.807) is 5.56 Å². The largest absolute Gasteiger partial charge is 0.370 e. The number of hydrogen-bond donors (Lipinski definition) is 0. The molecule has 0 bridgehead atoms. The van der Waals surface area contributed by atoms with E-state index in [0.29, 0.717) is 11.3 Å². The zero-order chi connectivity index (χ0) is 28.5. The van der Waals surface area contributed by atoms with Gasteiger partial charge in [-0.1, -0.05) is 89.0 Å². The van der Waals surface area contributed by atoms with Crippen LogP contribution in [0.1, 0.15) is 92.9 Å². The Morgan fingerprint density at radius 1 is 1.00 bits per heavy atom. The van der Waals surface area contributed by atoms with Crippen LogP contribution in [-0.4, -0.2) is 12.7 Å². The summed E-state index contributed by atoms with van der Waals surface area (Å²) in [5, 5.41) is 0.793. The quantitative estimate of drug-likeness (QED) is 0.140. The number of rotatable bonds is 14. The second-order valence-corrected chi connectivity index (χ2v) is 14.1. The highest BCUT2D eigenvalue weighted by Gasteiger charge is 2.24. The SMILES string of the molecule is C=CCCc1c(N(C)Cc2cccc(Cl)c2)cc(C)c(-c2ccc(CC)c(CCCC)c2)c1C(C)PC(C)C. The van der Waals surface area contributed by atoms with Gasteiger partial charge in [0.25, 0.3) is 0 Å². The molecule has 0 aliphatic heterocycles. The van der Waals surface area contributed by atoms with Crippen LogP contribution in [0.4, 0.5) is 5.69 Å². The summed E-state index contributed by atoms with van der Waals surface area (Å²) in [6.07, 6.45) is 8.77. The van der Waals surface area contributed by atoms with Crippen molar-refractivity contribution in [3.8, 4) is 11.1 Å². The maximum absolute atomic E-state index is 6.34. The van der Waals surface area contributed by atoms with Gasteiger partial charge in [0, 0.05) is 24.3 Å². The number of benzene rings is 3. The molecular weight excluding hydrogens is 513 g/mol. The van der Waals surface area contributed by atoms with Gasteiger partial charge in [-0.3, -0.25) is 0 Å². The molecule has 210 valence electrons. The second kappa shape index (κ2) is 15.1. The molecule has 0 saturated heterocycles. The van der Waals surface area contributed by atoms with Crippen molar-refractivity contribution in [2.24, 2.45) is 0 Å². The van der Waals surface area contributed by atoms with Gasteiger partial charge in [0.05, 0.1) is 0 Å². The first-order valence-corrected chi connectivity index (χ1v) is 16.3. The summed E-state index contributed by atoms with van der Waals surface area (Å²) in [7, 11) is 3.10. The summed E-state index contributed by atoms with van der Waals surface area (Å²) < 4.78 is 0. The minimum Gasteiger partial charge on any atom is -0.370 e. The van der Waals surface area contributed by atoms with Gasteiger partial charge < -0.3 is 4.90 Å². The molecule has 0 fully saturated rings. The maximum Gasteiger partial charge on any atom is 0.0426 e. The third-order valence-corrected chi connectivity index (χ3v) is 9.35. The van der Waals surface area contributed by atoms with Gasteiger partial charge in [0.15, 0.2) is 0 Å². The lowest BCUT2D eigenvalue weighted by atomic mass is 9.85. The predicted molar refractivity (Wildman–Crippen MR) is 179 cm³/mol. The van der Waals surface area contributed by atoms with Crippen molar-refractivity contribution in [1.82, 2.24) is 0 Å². The average Bonchev–Trinajstić information content (AvgIpc) is 2.89. The van der Waals surface area contributed by atoms with E-state index in [1.165, 1.54) is 57.5 Å². The molecule has 0 heterocycles. The minimum absolute atomic E-state index is 0.489. The van der Waals surface area contributed by atoms with Crippen LogP contribution in [0.25, 0.3) is 11.1 Å². The summed E-state index contributed by atoms with van der Waals surface area (Å²) in [5.74, 6) is 0. The lowest BCUT2D eigenvalue weighted by Crippen LogP contribution is -2.20. The summed E-state index contributed by atoms with van der Waals surface area (Å²) >= 11 is 6.34. The van der Waals surface area contributed by atoms with Crippen LogP contribution >= 0.6 is 20.2 Å². The molecular formula is C36H49ClNP. The maximum atomic E-state index is 6.34. The summed E-state index contributed by atoms with van der Waals surface area (Å²) in [4.78, 5) is 2.42. The highest BCUT2D eigenvalue weighted by molar-refractivity contribution is 7.39. The summed E-state index contributed by atoms with van der Waals surface area (Å²) in [6.45, 7) is 19.0. The first-order valence-electron chi connectivity index (χ1n) is 14.8. The van der Waals surface area contributed by atoms with Gasteiger partial charge in [0.2, 0.25) is 0 Å². The fourth-order valence-corrected chi connectivity index (χ4v) is 7.58. The molecule has 0 radical (unpaired) electrons. The molecule has 0 N–H and O–H groups in total. The zero-order valence-electron chi connectivity index (χ0n) is 25.3. The van der Waals surface area contributed by atoms with E-state index >= 15 is 0 Å². The van der Waals surface area contributed by atoms with Crippen LogP contribution in [0.5, 0.6) is 0 Å². The summed E-state index contributed by atoms with van der Waals surface area (Å²) in [5.41, 5.74) is 14.0. The number of hydrogen-bond acceptors (Lipinski definition) is 1. The van der Waals surface area contributed by atoms with Gasteiger partial charge in [-0.2, -0.15) is 0 Å². The first kappa shape index (κ1) is 31.4. The predicted octanol–water partition coefficient (Wildman–Crippen LogP) is 11.1. The Morgan fingerprint density at radius 2 is 1.77 bits per heavy atom. The number of unbranched alkanes of at least 4 members (excludes halogenated alkanes) is 1. The van der Waals surface area contributed by atoms with Crippen molar-refractivity contribution in [2.45, 2.75) is 97.9 Å². The lowest BCUT2D eigenvalue weighted by molar-refractivity contribution is 0.787. The third-order valence-electron chi connectivity index (χ3n) is 7.66. The average molecular weight is 562 g/mol. The Kier molecular flexibility index (Phi) is 12.1. The highest BCUT2D eigenvalue weighted by atomic mass is 35.5. The monoisotopic (exact) mass is 561 g/mol. The Morgan fingerprint density at radius 3 is 2.41 bits per heavy atom. The normalized spacial score (nSPS) is 12.4. The van der Waals surface area contributed by atoms with E-state index in [0.717, 1.165) is 45.8 Å². The highest BCUT2D eigenvalue weighted by Crippen LogP contribution is 2.48. The Hall–Kier alpha value is -2.08. The Bertz CT molecular complexity index is 1250. The molecule has 2 unspecified atom stereocenters. The fourth-order valence-electron chi connectivity index (χ4n) is 5.88. The van der Waals surface area contributed by atoms with E-state index in [9.17, 15) is 0 Å². The van der Waals surface area contributed by atoms with Crippen LogP contribution in [0.2, 0.25) is 5.02 Å². The van der Waals surface area contributed by atoms with Crippen molar-refractivity contribution < 1.29 is 0 Å². The number of anilines is 1. The Balaban J connectivity index is 2.25. The van der Waals surface area contributed by atoms with Crippen molar-refractivity contribution in [3.63, 3.8) is 0 Å². The molecule has 3 aromatic carbocycles. The molecule has 2 atom stereocenters. The van der Waals surface area contributed by atoms with Crippen molar-refractivity contribution in [1.29, 1.82) is 0 Å². The summed E-state index contributed by atoms with van der Waals surface area (Å²) in [6, 6.07) is 18.0. The van der Waals surface area contributed by atoms with Crippen LogP contribution in [0.3, 0.4) is 0 Å². The van der Waals surface area contributed by atoms with Crippen LogP contribution in [-0.2, 0) is 25.8 Å². The molecule has 0 spiro atoms. The second-order valence-electron chi connectivity index (χ2n) is 11.3. The van der Waals surface area contributed by atoms with Gasteiger partial charge in [-0.25, -0.2) is 0 Å². The van der Waals surface area contributed by atoms with Gasteiger partial charge in [-0.05, 0) is 113 Å². The topological polar surface area (TPSA) is 3.24 Å². The van der Waals surface area contributed by atoms with Crippen LogP contribution in [0.15, 0.2) is 61.2 Å². The smallest absolute Gasteiger partial charge is 0.0426 e. The van der Waals surface area contributed by atoms with Crippen molar-refractivity contribution >= 4 is 25.9 Å². The molecule has 39 heavy (non-hydrogen) atoms. The standard InChI is InChI=1S/C36H49ClNP/c1-9-12-16-30-23-31(20-19-29(30)11-3)35-26(6)21-34(38(8)24-28-15-14-17-32(37)22-28)33(18-13-10-2)36(35)27(7)39-25(4)5/h10,14-15,17,19-23,25,27,39H,2,9,11-13,16,18,24H2,1,3-8H3. The van der Waals surface area contributed by atoms with Crippen molar-refractivity contribution in [2.75, 3.05) is 11.9 Å². The molecule has 0 aromatic heterocycles. The molecule has 0 amide bonds. The van der Waals surface area contributed by atoms with Crippen molar-refractivity contribution in [3.05, 3.63) is 99.6 Å².